The Labute approximate surface area is 110 Å². The predicted octanol–water partition coefficient (Wildman–Crippen LogP) is 1.90. The highest BCUT2D eigenvalue weighted by Gasteiger charge is 2.36. The van der Waals surface area contributed by atoms with Gasteiger partial charge in [-0.3, -0.25) is 9.59 Å². The number of carbonyl (C=O) groups excluding carboxylic acids is 2. The molecule has 0 spiro atoms. The van der Waals surface area contributed by atoms with Crippen LogP contribution in [0.5, 0.6) is 0 Å². The SMILES string of the molecule is CC1=C(C)C(=O)N(c2ccc(C)cc2C(=O)O)C1=O. The van der Waals surface area contributed by atoms with E-state index >= 15 is 0 Å². The molecule has 0 unspecified atom stereocenters. The molecular formula is C14H13NO4. The first-order valence-electron chi connectivity index (χ1n) is 5.74. The third-order valence-corrected chi connectivity index (χ3v) is 3.23. The standard InChI is InChI=1S/C14H13NO4/c1-7-4-5-11(10(6-7)14(18)19)15-12(16)8(2)9(3)13(15)17/h4-6H,1-3H3,(H,18,19). The van der Waals surface area contributed by atoms with Crippen LogP contribution >= 0.6 is 0 Å². The van der Waals surface area contributed by atoms with Crippen molar-refractivity contribution < 1.29 is 19.5 Å². The van der Waals surface area contributed by atoms with Crippen molar-refractivity contribution >= 4 is 23.5 Å². The van der Waals surface area contributed by atoms with E-state index < -0.39 is 17.8 Å². The summed E-state index contributed by atoms with van der Waals surface area (Å²) in [5, 5.41) is 9.19. The third-order valence-electron chi connectivity index (χ3n) is 3.23. The number of anilines is 1. The van der Waals surface area contributed by atoms with E-state index in [2.05, 4.69) is 0 Å². The second-order valence-corrected chi connectivity index (χ2v) is 4.52. The Kier molecular flexibility index (Phi) is 2.98. The molecule has 0 radical (unpaired) electrons. The van der Waals surface area contributed by atoms with Gasteiger partial charge >= 0.3 is 5.97 Å². The number of hydrogen-bond acceptors (Lipinski definition) is 3. The summed E-state index contributed by atoms with van der Waals surface area (Å²) in [7, 11) is 0. The van der Waals surface area contributed by atoms with Gasteiger partial charge < -0.3 is 5.11 Å². The average Bonchev–Trinajstić information content (AvgIpc) is 2.54. The Morgan fingerprint density at radius 2 is 1.58 bits per heavy atom. The molecule has 1 aliphatic rings. The Hall–Kier alpha value is -2.43. The molecule has 2 rings (SSSR count). The smallest absolute Gasteiger partial charge is 0.337 e. The molecule has 19 heavy (non-hydrogen) atoms. The highest BCUT2D eigenvalue weighted by Crippen LogP contribution is 2.30. The molecule has 0 aromatic heterocycles. The summed E-state index contributed by atoms with van der Waals surface area (Å²) in [5.41, 5.74) is 1.51. The third kappa shape index (κ3) is 1.93. The number of nitrogens with zero attached hydrogens (tertiary/aromatic N) is 1. The van der Waals surface area contributed by atoms with Crippen LogP contribution in [0.2, 0.25) is 0 Å². The normalized spacial score (nSPS) is 15.4. The van der Waals surface area contributed by atoms with Crippen molar-refractivity contribution in [3.05, 3.63) is 40.5 Å². The van der Waals surface area contributed by atoms with E-state index in [4.69, 9.17) is 0 Å². The van der Waals surface area contributed by atoms with Gasteiger partial charge in [-0.1, -0.05) is 11.6 Å². The van der Waals surface area contributed by atoms with Gasteiger partial charge in [0.15, 0.2) is 0 Å². The summed E-state index contributed by atoms with van der Waals surface area (Å²) in [6.45, 7) is 4.87. The zero-order valence-electron chi connectivity index (χ0n) is 10.9. The first-order valence-corrected chi connectivity index (χ1v) is 5.74. The van der Waals surface area contributed by atoms with Gasteiger partial charge in [-0.15, -0.1) is 0 Å². The lowest BCUT2D eigenvalue weighted by Crippen LogP contribution is -2.32. The van der Waals surface area contributed by atoms with Gasteiger partial charge in [0.1, 0.15) is 0 Å². The number of carboxylic acid groups (broad SMARTS) is 1. The molecule has 5 nitrogen and oxygen atoms in total. The zero-order valence-corrected chi connectivity index (χ0v) is 10.9. The van der Waals surface area contributed by atoms with Gasteiger partial charge in [-0.2, -0.15) is 0 Å². The van der Waals surface area contributed by atoms with Crippen molar-refractivity contribution in [1.29, 1.82) is 0 Å². The molecule has 0 saturated carbocycles. The number of aryl methyl sites for hydroxylation is 1. The predicted molar refractivity (Wildman–Crippen MR) is 69.0 cm³/mol. The Balaban J connectivity index is 2.59. The highest BCUT2D eigenvalue weighted by molar-refractivity contribution is 6.33. The molecule has 0 atom stereocenters. The molecule has 98 valence electrons. The number of carboxylic acids is 1. The fraction of sp³-hybridized carbons (Fsp3) is 0.214. The fourth-order valence-electron chi connectivity index (χ4n) is 1.98. The van der Waals surface area contributed by atoms with Crippen molar-refractivity contribution in [3.8, 4) is 0 Å². The molecule has 1 aliphatic heterocycles. The monoisotopic (exact) mass is 259 g/mol. The molecule has 2 amide bonds. The summed E-state index contributed by atoms with van der Waals surface area (Å²) < 4.78 is 0. The summed E-state index contributed by atoms with van der Waals surface area (Å²) in [5.74, 6) is -2.09. The van der Waals surface area contributed by atoms with Crippen molar-refractivity contribution in [3.63, 3.8) is 0 Å². The largest absolute Gasteiger partial charge is 0.478 e. The van der Waals surface area contributed by atoms with Crippen LogP contribution in [0.25, 0.3) is 0 Å². The van der Waals surface area contributed by atoms with Crippen LogP contribution < -0.4 is 4.90 Å². The minimum atomic E-state index is -1.17. The van der Waals surface area contributed by atoms with Gasteiger partial charge in [0.25, 0.3) is 11.8 Å². The van der Waals surface area contributed by atoms with Crippen LogP contribution in [0.3, 0.4) is 0 Å². The fourth-order valence-corrected chi connectivity index (χ4v) is 1.98. The molecule has 1 aromatic rings. The second-order valence-electron chi connectivity index (χ2n) is 4.52. The topological polar surface area (TPSA) is 74.7 Å². The lowest BCUT2D eigenvalue weighted by Gasteiger charge is -2.17. The maximum Gasteiger partial charge on any atom is 0.337 e. The first-order chi connectivity index (χ1) is 8.84. The van der Waals surface area contributed by atoms with Crippen LogP contribution in [0, 0.1) is 6.92 Å². The Morgan fingerprint density at radius 1 is 1.05 bits per heavy atom. The van der Waals surface area contributed by atoms with Crippen LogP contribution in [0.15, 0.2) is 29.3 Å². The molecule has 0 bridgehead atoms. The maximum absolute atomic E-state index is 12.0. The minimum Gasteiger partial charge on any atom is -0.478 e. The summed E-state index contributed by atoms with van der Waals surface area (Å²) in [6.07, 6.45) is 0. The second kappa shape index (κ2) is 4.35. The van der Waals surface area contributed by atoms with Crippen molar-refractivity contribution in [2.24, 2.45) is 0 Å². The van der Waals surface area contributed by atoms with Crippen molar-refractivity contribution in [1.82, 2.24) is 0 Å². The van der Waals surface area contributed by atoms with E-state index in [1.165, 1.54) is 12.1 Å². The van der Waals surface area contributed by atoms with E-state index in [1.807, 2.05) is 0 Å². The van der Waals surface area contributed by atoms with Gasteiger partial charge in [0, 0.05) is 11.1 Å². The lowest BCUT2D eigenvalue weighted by atomic mass is 10.1. The minimum absolute atomic E-state index is 0.0517. The number of hydrogen-bond donors (Lipinski definition) is 1. The van der Waals surface area contributed by atoms with Crippen molar-refractivity contribution in [2.45, 2.75) is 20.8 Å². The molecule has 0 fully saturated rings. The summed E-state index contributed by atoms with van der Waals surface area (Å²) in [6, 6.07) is 4.60. The van der Waals surface area contributed by atoms with Gasteiger partial charge in [-0.25, -0.2) is 9.69 Å². The molecule has 5 heteroatoms. The zero-order chi connectivity index (χ0) is 14.3. The molecular weight excluding hydrogens is 246 g/mol. The van der Waals surface area contributed by atoms with E-state index in [1.54, 1.807) is 26.8 Å². The van der Waals surface area contributed by atoms with Crippen LogP contribution in [-0.4, -0.2) is 22.9 Å². The van der Waals surface area contributed by atoms with Gasteiger partial charge in [0.2, 0.25) is 0 Å². The van der Waals surface area contributed by atoms with Crippen molar-refractivity contribution in [2.75, 3.05) is 4.90 Å². The summed E-state index contributed by atoms with van der Waals surface area (Å²) >= 11 is 0. The van der Waals surface area contributed by atoms with E-state index in [-0.39, 0.29) is 11.3 Å². The number of aromatic carboxylic acids is 1. The van der Waals surface area contributed by atoms with E-state index in [0.29, 0.717) is 11.1 Å². The average molecular weight is 259 g/mol. The lowest BCUT2D eigenvalue weighted by molar-refractivity contribution is -0.120. The maximum atomic E-state index is 12.0. The number of carbonyl (C=O) groups is 3. The van der Waals surface area contributed by atoms with E-state index in [0.717, 1.165) is 10.5 Å². The first kappa shape index (κ1) is 13.0. The quantitative estimate of drug-likeness (QED) is 0.823. The molecule has 0 aliphatic carbocycles. The van der Waals surface area contributed by atoms with Gasteiger partial charge in [-0.05, 0) is 32.9 Å². The number of benzene rings is 1. The van der Waals surface area contributed by atoms with Crippen LogP contribution in [0.4, 0.5) is 5.69 Å². The molecule has 1 aromatic carbocycles. The van der Waals surface area contributed by atoms with Gasteiger partial charge in [0.05, 0.1) is 11.3 Å². The number of rotatable bonds is 2. The Bertz CT molecular complexity index is 619. The van der Waals surface area contributed by atoms with E-state index in [9.17, 15) is 19.5 Å². The molecule has 1 heterocycles. The number of imide groups is 1. The number of amides is 2. The Morgan fingerprint density at radius 3 is 2.05 bits per heavy atom. The van der Waals surface area contributed by atoms with Crippen LogP contribution in [0.1, 0.15) is 29.8 Å². The summed E-state index contributed by atoms with van der Waals surface area (Å²) in [4.78, 5) is 36.2. The molecule has 0 saturated heterocycles. The molecule has 1 N–H and O–H groups in total. The highest BCUT2D eigenvalue weighted by atomic mass is 16.4. The van der Waals surface area contributed by atoms with Crippen LogP contribution in [-0.2, 0) is 9.59 Å².